The van der Waals surface area contributed by atoms with E-state index in [-0.39, 0.29) is 11.9 Å². The summed E-state index contributed by atoms with van der Waals surface area (Å²) in [6.07, 6.45) is 2.68. The van der Waals surface area contributed by atoms with Crippen molar-refractivity contribution in [1.29, 1.82) is 0 Å². The molecule has 2 N–H and O–H groups in total. The van der Waals surface area contributed by atoms with E-state index in [4.69, 9.17) is 4.74 Å². The molecule has 1 aliphatic heterocycles. The van der Waals surface area contributed by atoms with E-state index in [1.54, 1.807) is 17.9 Å². The highest BCUT2D eigenvalue weighted by Crippen LogP contribution is 2.24. The van der Waals surface area contributed by atoms with Gasteiger partial charge in [0.05, 0.1) is 11.2 Å². The van der Waals surface area contributed by atoms with Crippen molar-refractivity contribution in [1.82, 2.24) is 25.4 Å². The number of fused-ring (bicyclic) bond motifs is 1. The zero-order chi connectivity index (χ0) is 17.9. The van der Waals surface area contributed by atoms with Crippen LogP contribution in [-0.2, 0) is 13.7 Å². The van der Waals surface area contributed by atoms with Crippen molar-refractivity contribution in [2.24, 2.45) is 7.05 Å². The van der Waals surface area contributed by atoms with Gasteiger partial charge >= 0.3 is 0 Å². The molecule has 2 aromatic heterocycles. The fraction of sp³-hybridized carbons (Fsp3) is 0.316. The molecule has 0 radical (unpaired) electrons. The van der Waals surface area contributed by atoms with Gasteiger partial charge in [0.15, 0.2) is 0 Å². The Hall–Kier alpha value is -2.93. The average Bonchev–Trinajstić information content (AvgIpc) is 3.27. The molecule has 0 aliphatic carbocycles. The molecule has 3 heterocycles. The van der Waals surface area contributed by atoms with Crippen LogP contribution in [-0.4, -0.2) is 39.8 Å². The Bertz CT molecular complexity index is 916. The van der Waals surface area contributed by atoms with Gasteiger partial charge in [-0.05, 0) is 43.3 Å². The van der Waals surface area contributed by atoms with Gasteiger partial charge in [-0.2, -0.15) is 5.10 Å². The molecule has 1 fully saturated rings. The van der Waals surface area contributed by atoms with Crippen LogP contribution in [0.25, 0.3) is 10.9 Å². The fourth-order valence-electron chi connectivity index (χ4n) is 3.21. The molecule has 26 heavy (non-hydrogen) atoms. The molecule has 7 heteroatoms. The Morgan fingerprint density at radius 3 is 3.08 bits per heavy atom. The molecule has 1 atom stereocenters. The van der Waals surface area contributed by atoms with E-state index in [0.717, 1.165) is 36.1 Å². The number of nitrogens with zero attached hydrogens (tertiary/aromatic N) is 3. The molecular weight excluding hydrogens is 330 g/mol. The van der Waals surface area contributed by atoms with Crippen molar-refractivity contribution in [3.05, 3.63) is 54.0 Å². The largest absolute Gasteiger partial charge is 0.487 e. The summed E-state index contributed by atoms with van der Waals surface area (Å²) in [7, 11) is 1.79. The number of hydrogen-bond donors (Lipinski definition) is 2. The van der Waals surface area contributed by atoms with Crippen molar-refractivity contribution in [2.45, 2.75) is 19.1 Å². The van der Waals surface area contributed by atoms with Crippen LogP contribution in [0.3, 0.4) is 0 Å². The summed E-state index contributed by atoms with van der Waals surface area (Å²) in [4.78, 5) is 17.0. The summed E-state index contributed by atoms with van der Waals surface area (Å²) in [5, 5.41) is 11.6. The Morgan fingerprint density at radius 2 is 2.31 bits per heavy atom. The summed E-state index contributed by atoms with van der Waals surface area (Å²) in [5.74, 6) is 0.582. The molecule has 3 aromatic rings. The first-order chi connectivity index (χ1) is 12.7. The lowest BCUT2D eigenvalue weighted by Crippen LogP contribution is -2.37. The standard InChI is InChI=1S/C19H21N5O2/c1-24-18(19(25)22-13-7-9-20-11-13)16-10-15(5-6-17(16)23-24)26-12-14-4-2-3-8-21-14/h2-6,8,10,13,20H,7,9,11-12H2,1H3,(H,22,25). The lowest BCUT2D eigenvalue weighted by Gasteiger charge is -2.11. The molecular formula is C19H21N5O2. The maximum Gasteiger partial charge on any atom is 0.270 e. The van der Waals surface area contributed by atoms with E-state index < -0.39 is 0 Å². The van der Waals surface area contributed by atoms with E-state index >= 15 is 0 Å². The van der Waals surface area contributed by atoms with Crippen LogP contribution in [0.2, 0.25) is 0 Å². The maximum atomic E-state index is 12.7. The minimum atomic E-state index is -0.106. The predicted molar refractivity (Wildman–Crippen MR) is 98.0 cm³/mol. The van der Waals surface area contributed by atoms with Crippen molar-refractivity contribution >= 4 is 16.8 Å². The third-order valence-electron chi connectivity index (χ3n) is 4.53. The normalized spacial score (nSPS) is 16.7. The van der Waals surface area contributed by atoms with E-state index in [0.29, 0.717) is 18.1 Å². The summed E-state index contributed by atoms with van der Waals surface area (Å²) in [5.41, 5.74) is 2.17. The van der Waals surface area contributed by atoms with Gasteiger partial charge in [0.2, 0.25) is 0 Å². The van der Waals surface area contributed by atoms with Crippen LogP contribution < -0.4 is 15.4 Å². The highest BCUT2D eigenvalue weighted by atomic mass is 16.5. The van der Waals surface area contributed by atoms with Gasteiger partial charge in [0, 0.05) is 31.2 Å². The first-order valence-corrected chi connectivity index (χ1v) is 8.72. The molecule has 1 aliphatic rings. The number of hydrogen-bond acceptors (Lipinski definition) is 5. The van der Waals surface area contributed by atoms with Crippen molar-refractivity contribution < 1.29 is 9.53 Å². The molecule has 1 aromatic carbocycles. The summed E-state index contributed by atoms with van der Waals surface area (Å²) in [6.45, 7) is 2.12. The Balaban J connectivity index is 1.57. The Kier molecular flexibility index (Phi) is 4.53. The first kappa shape index (κ1) is 16.5. The van der Waals surface area contributed by atoms with Gasteiger partial charge in [0.25, 0.3) is 5.91 Å². The molecule has 4 rings (SSSR count). The zero-order valence-corrected chi connectivity index (χ0v) is 14.6. The number of pyridine rings is 1. The monoisotopic (exact) mass is 351 g/mol. The van der Waals surface area contributed by atoms with Crippen molar-refractivity contribution in [2.75, 3.05) is 13.1 Å². The van der Waals surface area contributed by atoms with Gasteiger partial charge in [-0.15, -0.1) is 0 Å². The number of nitrogens with one attached hydrogen (secondary N) is 2. The average molecular weight is 351 g/mol. The summed E-state index contributed by atoms with van der Waals surface area (Å²) in [6, 6.07) is 11.5. The third-order valence-corrected chi connectivity index (χ3v) is 4.53. The molecule has 0 bridgehead atoms. The maximum absolute atomic E-state index is 12.7. The molecule has 1 unspecified atom stereocenters. The number of amides is 1. The van der Waals surface area contributed by atoms with Crippen LogP contribution >= 0.6 is 0 Å². The number of carbonyl (C=O) groups is 1. The van der Waals surface area contributed by atoms with Gasteiger partial charge < -0.3 is 15.4 Å². The quantitative estimate of drug-likeness (QED) is 0.730. The van der Waals surface area contributed by atoms with Gasteiger partial charge in [-0.1, -0.05) is 6.07 Å². The molecule has 1 saturated heterocycles. The topological polar surface area (TPSA) is 81.1 Å². The van der Waals surface area contributed by atoms with Crippen LogP contribution in [0.1, 0.15) is 22.6 Å². The smallest absolute Gasteiger partial charge is 0.270 e. The second kappa shape index (κ2) is 7.13. The first-order valence-electron chi connectivity index (χ1n) is 8.72. The third kappa shape index (κ3) is 3.39. The minimum Gasteiger partial charge on any atom is -0.487 e. The summed E-state index contributed by atoms with van der Waals surface area (Å²) >= 11 is 0. The molecule has 134 valence electrons. The highest BCUT2D eigenvalue weighted by molar-refractivity contribution is 6.05. The second-order valence-corrected chi connectivity index (χ2v) is 6.42. The number of ether oxygens (including phenoxy) is 1. The Labute approximate surface area is 151 Å². The number of aryl methyl sites for hydroxylation is 1. The van der Waals surface area contributed by atoms with Gasteiger partial charge in [-0.25, -0.2) is 0 Å². The molecule has 0 spiro atoms. The van der Waals surface area contributed by atoms with E-state index in [1.807, 2.05) is 36.4 Å². The SMILES string of the molecule is Cn1nc2ccc(OCc3ccccn3)cc2c1C(=O)NC1CCNC1. The number of benzene rings is 1. The van der Waals surface area contributed by atoms with Crippen molar-refractivity contribution in [3.63, 3.8) is 0 Å². The van der Waals surface area contributed by atoms with Crippen LogP contribution in [0.4, 0.5) is 0 Å². The molecule has 7 nitrogen and oxygen atoms in total. The van der Waals surface area contributed by atoms with Crippen molar-refractivity contribution in [3.8, 4) is 5.75 Å². The molecule has 1 amide bonds. The molecule has 0 saturated carbocycles. The number of carbonyl (C=O) groups excluding carboxylic acids is 1. The minimum absolute atomic E-state index is 0.106. The van der Waals surface area contributed by atoms with Gasteiger partial charge in [-0.3, -0.25) is 14.5 Å². The highest BCUT2D eigenvalue weighted by Gasteiger charge is 2.22. The number of rotatable bonds is 5. The van der Waals surface area contributed by atoms with E-state index in [2.05, 4.69) is 20.7 Å². The fourth-order valence-corrected chi connectivity index (χ4v) is 3.21. The lowest BCUT2D eigenvalue weighted by atomic mass is 10.1. The van der Waals surface area contributed by atoms with E-state index in [1.165, 1.54) is 0 Å². The van der Waals surface area contributed by atoms with Gasteiger partial charge in [0.1, 0.15) is 18.1 Å². The predicted octanol–water partition coefficient (Wildman–Crippen LogP) is 1.64. The zero-order valence-electron chi connectivity index (χ0n) is 14.6. The van der Waals surface area contributed by atoms with Crippen LogP contribution in [0, 0.1) is 0 Å². The number of aromatic nitrogens is 3. The second-order valence-electron chi connectivity index (χ2n) is 6.42. The summed E-state index contributed by atoms with van der Waals surface area (Å²) < 4.78 is 7.47. The Morgan fingerprint density at radius 1 is 1.38 bits per heavy atom. The van der Waals surface area contributed by atoms with Crippen LogP contribution in [0.5, 0.6) is 5.75 Å². The van der Waals surface area contributed by atoms with Crippen LogP contribution in [0.15, 0.2) is 42.6 Å². The lowest BCUT2D eigenvalue weighted by molar-refractivity contribution is 0.0932. The van der Waals surface area contributed by atoms with E-state index in [9.17, 15) is 4.79 Å².